The van der Waals surface area contributed by atoms with E-state index in [-0.39, 0.29) is 5.91 Å². The predicted octanol–water partition coefficient (Wildman–Crippen LogP) is 6.27. The number of aromatic nitrogens is 3. The third kappa shape index (κ3) is 4.89. The highest BCUT2D eigenvalue weighted by atomic mass is 35.5. The summed E-state index contributed by atoms with van der Waals surface area (Å²) in [5.41, 5.74) is 2.02. The van der Waals surface area contributed by atoms with Crippen molar-refractivity contribution in [1.82, 2.24) is 14.8 Å². The quantitative estimate of drug-likeness (QED) is 0.319. The molecule has 8 heteroatoms. The van der Waals surface area contributed by atoms with E-state index in [1.54, 1.807) is 16.8 Å². The second-order valence-electron chi connectivity index (χ2n) is 7.20. The van der Waals surface area contributed by atoms with E-state index in [2.05, 4.69) is 22.3 Å². The molecule has 0 atom stereocenters. The Morgan fingerprint density at radius 3 is 2.84 bits per heavy atom. The van der Waals surface area contributed by atoms with Gasteiger partial charge in [-0.2, -0.15) is 9.78 Å². The van der Waals surface area contributed by atoms with Gasteiger partial charge in [0.25, 0.3) is 5.91 Å². The molecule has 0 aliphatic rings. The summed E-state index contributed by atoms with van der Waals surface area (Å²) >= 11 is 7.73. The molecule has 0 aliphatic carbocycles. The van der Waals surface area contributed by atoms with Crippen LogP contribution in [0.3, 0.4) is 0 Å². The zero-order valence-electron chi connectivity index (χ0n) is 17.4. The van der Waals surface area contributed by atoms with Crippen LogP contribution in [0.2, 0.25) is 5.02 Å². The molecule has 160 valence electrons. The number of thiazole rings is 1. The van der Waals surface area contributed by atoms with Crippen LogP contribution < -0.4 is 10.1 Å². The topological polar surface area (TPSA) is 69.0 Å². The van der Waals surface area contributed by atoms with Gasteiger partial charge >= 0.3 is 0 Å². The van der Waals surface area contributed by atoms with Gasteiger partial charge in [-0.3, -0.25) is 4.79 Å². The van der Waals surface area contributed by atoms with E-state index in [1.165, 1.54) is 11.3 Å². The number of halogens is 1. The number of unbranched alkanes of at least 4 members (excludes halogenated alkanes) is 2. The summed E-state index contributed by atoms with van der Waals surface area (Å²) in [4.78, 5) is 17.5. The highest BCUT2D eigenvalue weighted by Gasteiger charge is 2.16. The van der Waals surface area contributed by atoms with Crippen LogP contribution in [-0.2, 0) is 0 Å². The van der Waals surface area contributed by atoms with E-state index in [1.807, 2.05) is 43.3 Å². The maximum Gasteiger partial charge on any atom is 0.256 e. The minimum Gasteiger partial charge on any atom is -0.494 e. The number of benzene rings is 2. The largest absolute Gasteiger partial charge is 0.494 e. The van der Waals surface area contributed by atoms with Crippen molar-refractivity contribution in [2.75, 3.05) is 11.9 Å². The molecule has 31 heavy (non-hydrogen) atoms. The van der Waals surface area contributed by atoms with Gasteiger partial charge in [0.1, 0.15) is 17.1 Å². The van der Waals surface area contributed by atoms with Gasteiger partial charge in [0.05, 0.1) is 22.0 Å². The molecule has 1 N–H and O–H groups in total. The summed E-state index contributed by atoms with van der Waals surface area (Å²) in [7, 11) is 0. The smallest absolute Gasteiger partial charge is 0.256 e. The van der Waals surface area contributed by atoms with Crippen molar-refractivity contribution in [3.8, 4) is 10.9 Å². The zero-order valence-corrected chi connectivity index (χ0v) is 19.0. The lowest BCUT2D eigenvalue weighted by Gasteiger charge is -2.09. The zero-order chi connectivity index (χ0) is 21.8. The Morgan fingerprint density at radius 1 is 1.19 bits per heavy atom. The highest BCUT2D eigenvalue weighted by molar-refractivity contribution is 7.20. The number of carbonyl (C=O) groups excluding carboxylic acids is 1. The molecular weight excluding hydrogens is 432 g/mol. The predicted molar refractivity (Wildman–Crippen MR) is 126 cm³/mol. The van der Waals surface area contributed by atoms with Crippen LogP contribution in [0.5, 0.6) is 5.75 Å². The lowest BCUT2D eigenvalue weighted by molar-refractivity contribution is 0.102. The lowest BCUT2D eigenvalue weighted by atomic mass is 10.2. The third-order valence-electron chi connectivity index (χ3n) is 4.73. The molecule has 2 heterocycles. The van der Waals surface area contributed by atoms with Crippen molar-refractivity contribution in [3.63, 3.8) is 0 Å². The minimum absolute atomic E-state index is 0.237. The number of para-hydroxylation sites is 1. The molecule has 4 rings (SSSR count). The Morgan fingerprint density at radius 2 is 2.03 bits per heavy atom. The van der Waals surface area contributed by atoms with Crippen LogP contribution >= 0.6 is 22.9 Å². The van der Waals surface area contributed by atoms with Crippen LogP contribution in [0.1, 0.15) is 42.2 Å². The Hall–Kier alpha value is -2.90. The fourth-order valence-corrected chi connectivity index (χ4v) is 4.42. The van der Waals surface area contributed by atoms with Gasteiger partial charge in [0.2, 0.25) is 5.13 Å². The fourth-order valence-electron chi connectivity index (χ4n) is 3.19. The summed E-state index contributed by atoms with van der Waals surface area (Å²) in [6.45, 7) is 4.67. The molecule has 2 aromatic heterocycles. The van der Waals surface area contributed by atoms with Gasteiger partial charge in [-0.15, -0.1) is 0 Å². The number of anilines is 1. The number of rotatable bonds is 8. The van der Waals surface area contributed by atoms with E-state index >= 15 is 0 Å². The van der Waals surface area contributed by atoms with E-state index in [4.69, 9.17) is 16.3 Å². The number of hydrogen-bond acceptors (Lipinski definition) is 5. The number of fused-ring (bicyclic) bond motifs is 1. The molecule has 0 spiro atoms. The first-order chi connectivity index (χ1) is 15.0. The molecule has 0 aliphatic heterocycles. The van der Waals surface area contributed by atoms with Gasteiger partial charge < -0.3 is 10.1 Å². The van der Waals surface area contributed by atoms with Gasteiger partial charge in [-0.1, -0.05) is 54.8 Å². The highest BCUT2D eigenvalue weighted by Crippen LogP contribution is 2.31. The standard InChI is InChI=1S/C23H23ClN4O2S/c1-3-4-5-12-30-17-9-6-8-16(14-17)22(29)25-20-13-15(2)27-28(20)23-26-21-18(24)10-7-11-19(21)31-23/h6-11,13-14H,3-5,12H2,1-2H3,(H,25,29). The Bertz CT molecular complexity index is 1220. The summed E-state index contributed by atoms with van der Waals surface area (Å²) in [5.74, 6) is 1.00. The molecule has 0 saturated carbocycles. The number of amides is 1. The van der Waals surface area contributed by atoms with Crippen LogP contribution in [0.15, 0.2) is 48.5 Å². The number of aryl methyl sites for hydroxylation is 1. The number of hydrogen-bond donors (Lipinski definition) is 1. The van der Waals surface area contributed by atoms with Gasteiger partial charge in [-0.05, 0) is 43.7 Å². The average Bonchev–Trinajstić information content (AvgIpc) is 3.35. The summed E-state index contributed by atoms with van der Waals surface area (Å²) in [5, 5.41) is 8.69. The van der Waals surface area contributed by atoms with E-state index in [0.29, 0.717) is 33.9 Å². The Kier molecular flexibility index (Phi) is 6.53. The average molecular weight is 455 g/mol. The van der Waals surface area contributed by atoms with Gasteiger partial charge in [0.15, 0.2) is 0 Å². The van der Waals surface area contributed by atoms with Crippen molar-refractivity contribution >= 4 is 44.9 Å². The van der Waals surface area contributed by atoms with E-state index in [0.717, 1.165) is 35.2 Å². The Labute approximate surface area is 189 Å². The molecule has 1 amide bonds. The maximum absolute atomic E-state index is 12.9. The maximum atomic E-state index is 12.9. The monoisotopic (exact) mass is 454 g/mol. The van der Waals surface area contributed by atoms with Crippen LogP contribution in [-0.4, -0.2) is 27.3 Å². The fraction of sp³-hybridized carbons (Fsp3) is 0.261. The molecule has 0 saturated heterocycles. The third-order valence-corrected chi connectivity index (χ3v) is 6.03. The second kappa shape index (κ2) is 9.49. The molecule has 6 nitrogen and oxygen atoms in total. The molecule has 0 radical (unpaired) electrons. The molecule has 2 aromatic carbocycles. The molecule has 0 unspecified atom stereocenters. The van der Waals surface area contributed by atoms with E-state index in [9.17, 15) is 4.79 Å². The first-order valence-corrected chi connectivity index (χ1v) is 11.4. The SMILES string of the molecule is CCCCCOc1cccc(C(=O)Nc2cc(C)nn2-c2nc3c(Cl)cccc3s2)c1. The van der Waals surface area contributed by atoms with Crippen LogP contribution in [0.4, 0.5) is 5.82 Å². The summed E-state index contributed by atoms with van der Waals surface area (Å²) in [6, 6.07) is 14.7. The van der Waals surface area contributed by atoms with Gasteiger partial charge in [-0.25, -0.2) is 4.98 Å². The van der Waals surface area contributed by atoms with Crippen molar-refractivity contribution in [2.24, 2.45) is 0 Å². The van der Waals surface area contributed by atoms with Crippen LogP contribution in [0, 0.1) is 6.92 Å². The molecule has 0 bridgehead atoms. The molecule has 0 fully saturated rings. The van der Waals surface area contributed by atoms with Crippen molar-refractivity contribution in [3.05, 3.63) is 64.8 Å². The molecular formula is C23H23ClN4O2S. The molecule has 4 aromatic rings. The number of carbonyl (C=O) groups is 1. The number of nitrogens with one attached hydrogen (secondary N) is 1. The van der Waals surface area contributed by atoms with Crippen LogP contribution in [0.25, 0.3) is 15.3 Å². The second-order valence-corrected chi connectivity index (χ2v) is 8.62. The number of ether oxygens (including phenoxy) is 1. The van der Waals surface area contributed by atoms with Crippen molar-refractivity contribution in [2.45, 2.75) is 33.1 Å². The number of nitrogens with zero attached hydrogens (tertiary/aromatic N) is 3. The summed E-state index contributed by atoms with van der Waals surface area (Å²) < 4.78 is 8.37. The van der Waals surface area contributed by atoms with Crippen molar-refractivity contribution in [1.29, 1.82) is 0 Å². The lowest BCUT2D eigenvalue weighted by Crippen LogP contribution is -2.15. The van der Waals surface area contributed by atoms with Crippen molar-refractivity contribution < 1.29 is 9.53 Å². The summed E-state index contributed by atoms with van der Waals surface area (Å²) in [6.07, 6.45) is 3.26. The normalized spacial score (nSPS) is 11.1. The van der Waals surface area contributed by atoms with Gasteiger partial charge in [0, 0.05) is 11.6 Å². The Balaban J connectivity index is 1.55. The van der Waals surface area contributed by atoms with E-state index < -0.39 is 0 Å². The minimum atomic E-state index is -0.237. The first-order valence-electron chi connectivity index (χ1n) is 10.2. The first kappa shape index (κ1) is 21.3.